The predicted molar refractivity (Wildman–Crippen MR) is 73.6 cm³/mol. The highest BCUT2D eigenvalue weighted by atomic mass is 35.5. The van der Waals surface area contributed by atoms with Gasteiger partial charge in [-0.05, 0) is 25.7 Å². The molecule has 0 aromatic heterocycles. The van der Waals surface area contributed by atoms with Gasteiger partial charge in [0.2, 0.25) is 11.8 Å². The van der Waals surface area contributed by atoms with Gasteiger partial charge in [-0.2, -0.15) is 0 Å². The molecule has 0 atom stereocenters. The SMILES string of the molecule is CCC(CC)(CCl)CNC(=O)C1CCC(F)(F)CC1. The number of rotatable bonds is 6. The van der Waals surface area contributed by atoms with Crippen molar-refractivity contribution >= 4 is 17.5 Å². The molecule has 1 aliphatic rings. The van der Waals surface area contributed by atoms with Crippen molar-refractivity contribution in [3.05, 3.63) is 0 Å². The van der Waals surface area contributed by atoms with Crippen LogP contribution in [-0.4, -0.2) is 24.3 Å². The van der Waals surface area contributed by atoms with E-state index in [1.54, 1.807) is 0 Å². The van der Waals surface area contributed by atoms with Crippen molar-refractivity contribution in [2.24, 2.45) is 11.3 Å². The van der Waals surface area contributed by atoms with Gasteiger partial charge in [0.15, 0.2) is 0 Å². The lowest BCUT2D eigenvalue weighted by molar-refractivity contribution is -0.129. The maximum absolute atomic E-state index is 13.0. The zero-order valence-corrected chi connectivity index (χ0v) is 12.5. The summed E-state index contributed by atoms with van der Waals surface area (Å²) in [5.74, 6) is -2.43. The second-order valence-corrected chi connectivity index (χ2v) is 5.96. The van der Waals surface area contributed by atoms with Crippen LogP contribution in [-0.2, 0) is 4.79 Å². The van der Waals surface area contributed by atoms with Gasteiger partial charge in [0.1, 0.15) is 0 Å². The van der Waals surface area contributed by atoms with Crippen LogP contribution in [0.3, 0.4) is 0 Å². The molecule has 1 aliphatic carbocycles. The molecule has 0 bridgehead atoms. The van der Waals surface area contributed by atoms with E-state index in [1.807, 2.05) is 0 Å². The van der Waals surface area contributed by atoms with Gasteiger partial charge >= 0.3 is 0 Å². The molecule has 5 heteroatoms. The summed E-state index contributed by atoms with van der Waals surface area (Å²) < 4.78 is 26.1. The summed E-state index contributed by atoms with van der Waals surface area (Å²) in [7, 11) is 0. The first-order chi connectivity index (χ1) is 8.88. The number of nitrogens with one attached hydrogen (secondary N) is 1. The largest absolute Gasteiger partial charge is 0.355 e. The third-order valence-electron chi connectivity index (χ3n) is 4.51. The van der Waals surface area contributed by atoms with E-state index in [1.165, 1.54) is 0 Å². The molecule has 112 valence electrons. The molecule has 0 spiro atoms. The van der Waals surface area contributed by atoms with Crippen LogP contribution in [0.2, 0.25) is 0 Å². The van der Waals surface area contributed by atoms with Crippen molar-refractivity contribution in [2.45, 2.75) is 58.3 Å². The Morgan fingerprint density at radius 1 is 1.32 bits per heavy atom. The van der Waals surface area contributed by atoms with Gasteiger partial charge < -0.3 is 5.32 Å². The molecule has 0 radical (unpaired) electrons. The number of carbonyl (C=O) groups excluding carboxylic acids is 1. The van der Waals surface area contributed by atoms with E-state index in [0.29, 0.717) is 12.4 Å². The molecule has 0 aliphatic heterocycles. The van der Waals surface area contributed by atoms with E-state index in [-0.39, 0.29) is 42.9 Å². The number of hydrogen-bond donors (Lipinski definition) is 1. The summed E-state index contributed by atoms with van der Waals surface area (Å²) in [5, 5.41) is 2.91. The minimum atomic E-state index is -2.58. The lowest BCUT2D eigenvalue weighted by atomic mass is 9.83. The standard InChI is InChI=1S/C14H24ClF2NO/c1-3-13(4-2,9-15)10-18-12(19)11-5-7-14(16,17)8-6-11/h11H,3-10H2,1-2H3,(H,18,19). The summed E-state index contributed by atoms with van der Waals surface area (Å²) in [6.45, 7) is 4.65. The number of carbonyl (C=O) groups is 1. The number of alkyl halides is 3. The second-order valence-electron chi connectivity index (χ2n) is 5.69. The van der Waals surface area contributed by atoms with Crippen LogP contribution in [0, 0.1) is 11.3 Å². The van der Waals surface area contributed by atoms with Gasteiger partial charge in [-0.15, -0.1) is 11.6 Å². The van der Waals surface area contributed by atoms with Crippen LogP contribution in [0.4, 0.5) is 8.78 Å². The molecule has 0 heterocycles. The smallest absolute Gasteiger partial charge is 0.248 e. The first kappa shape index (κ1) is 16.7. The minimum absolute atomic E-state index is 0.0736. The van der Waals surface area contributed by atoms with E-state index in [4.69, 9.17) is 11.6 Å². The van der Waals surface area contributed by atoms with Gasteiger partial charge in [-0.25, -0.2) is 8.78 Å². The van der Waals surface area contributed by atoms with Crippen LogP contribution < -0.4 is 5.32 Å². The van der Waals surface area contributed by atoms with Crippen molar-refractivity contribution in [3.8, 4) is 0 Å². The van der Waals surface area contributed by atoms with Crippen LogP contribution in [0.5, 0.6) is 0 Å². The van der Waals surface area contributed by atoms with Gasteiger partial charge in [-0.1, -0.05) is 13.8 Å². The average molecular weight is 296 g/mol. The van der Waals surface area contributed by atoms with Gasteiger partial charge in [-0.3, -0.25) is 4.79 Å². The third-order valence-corrected chi connectivity index (χ3v) is 5.08. The first-order valence-electron chi connectivity index (χ1n) is 7.09. The third kappa shape index (κ3) is 4.59. The summed E-state index contributed by atoms with van der Waals surface area (Å²) in [5.41, 5.74) is -0.0736. The Morgan fingerprint density at radius 2 is 1.84 bits per heavy atom. The molecule has 19 heavy (non-hydrogen) atoms. The molecule has 0 aromatic rings. The molecule has 0 saturated heterocycles. The number of halogens is 3. The average Bonchev–Trinajstić information content (AvgIpc) is 2.40. The quantitative estimate of drug-likeness (QED) is 0.738. The Hall–Kier alpha value is -0.380. The lowest BCUT2D eigenvalue weighted by Crippen LogP contribution is -2.42. The Balaban J connectivity index is 2.44. The summed E-state index contributed by atoms with van der Waals surface area (Å²) in [4.78, 5) is 12.0. The molecule has 1 fully saturated rings. The zero-order chi connectivity index (χ0) is 14.5. The fourth-order valence-electron chi connectivity index (χ4n) is 2.46. The highest BCUT2D eigenvalue weighted by molar-refractivity contribution is 6.18. The first-order valence-corrected chi connectivity index (χ1v) is 7.63. The minimum Gasteiger partial charge on any atom is -0.355 e. The number of hydrogen-bond acceptors (Lipinski definition) is 1. The van der Waals surface area contributed by atoms with Crippen LogP contribution in [0.1, 0.15) is 52.4 Å². The van der Waals surface area contributed by atoms with Crippen LogP contribution >= 0.6 is 11.6 Å². The lowest BCUT2D eigenvalue weighted by Gasteiger charge is -2.32. The summed E-state index contributed by atoms with van der Waals surface area (Å²) in [6, 6.07) is 0. The van der Waals surface area contributed by atoms with E-state index in [0.717, 1.165) is 12.8 Å². The van der Waals surface area contributed by atoms with Crippen molar-refractivity contribution in [1.82, 2.24) is 5.32 Å². The predicted octanol–water partition coefficient (Wildman–Crippen LogP) is 3.97. The summed E-state index contributed by atoms with van der Waals surface area (Å²) in [6.07, 6.45) is 2.02. The maximum Gasteiger partial charge on any atom is 0.248 e. The van der Waals surface area contributed by atoms with E-state index in [2.05, 4.69) is 19.2 Å². The fraction of sp³-hybridized carbons (Fsp3) is 0.929. The van der Waals surface area contributed by atoms with E-state index in [9.17, 15) is 13.6 Å². The van der Waals surface area contributed by atoms with Gasteiger partial charge in [0, 0.05) is 36.6 Å². The van der Waals surface area contributed by atoms with Crippen molar-refractivity contribution in [1.29, 1.82) is 0 Å². The van der Waals surface area contributed by atoms with Crippen molar-refractivity contribution in [2.75, 3.05) is 12.4 Å². The Kier molecular flexibility index (Phi) is 6.03. The molecule has 1 N–H and O–H groups in total. The normalized spacial score (nSPS) is 20.3. The highest BCUT2D eigenvalue weighted by Gasteiger charge is 2.37. The number of amides is 1. The molecule has 0 unspecified atom stereocenters. The van der Waals surface area contributed by atoms with Crippen molar-refractivity contribution < 1.29 is 13.6 Å². The highest BCUT2D eigenvalue weighted by Crippen LogP contribution is 2.36. The van der Waals surface area contributed by atoms with E-state index >= 15 is 0 Å². The topological polar surface area (TPSA) is 29.1 Å². The molecule has 1 amide bonds. The van der Waals surface area contributed by atoms with Crippen LogP contribution in [0.25, 0.3) is 0 Å². The zero-order valence-electron chi connectivity index (χ0n) is 11.8. The Morgan fingerprint density at radius 3 is 2.26 bits per heavy atom. The molecular formula is C14H24ClF2NO. The second kappa shape index (κ2) is 6.87. The van der Waals surface area contributed by atoms with Crippen LogP contribution in [0.15, 0.2) is 0 Å². The summed E-state index contributed by atoms with van der Waals surface area (Å²) >= 11 is 5.98. The van der Waals surface area contributed by atoms with Gasteiger partial charge in [0.25, 0.3) is 0 Å². The molecule has 1 rings (SSSR count). The maximum atomic E-state index is 13.0. The van der Waals surface area contributed by atoms with Gasteiger partial charge in [0.05, 0.1) is 0 Å². The molecular weight excluding hydrogens is 272 g/mol. The Labute approximate surface area is 119 Å². The molecule has 0 aromatic carbocycles. The Bertz CT molecular complexity index is 288. The van der Waals surface area contributed by atoms with Crippen molar-refractivity contribution in [3.63, 3.8) is 0 Å². The molecule has 2 nitrogen and oxygen atoms in total. The molecule has 1 saturated carbocycles. The fourth-order valence-corrected chi connectivity index (χ4v) is 2.93. The van der Waals surface area contributed by atoms with E-state index < -0.39 is 5.92 Å². The monoisotopic (exact) mass is 295 g/mol.